The minimum Gasteiger partial charge on any atom is -0.394 e. The molecule has 0 heterocycles. The summed E-state index contributed by atoms with van der Waals surface area (Å²) in [4.78, 5) is 12.6. The first-order chi connectivity index (χ1) is 28.5. The molecule has 0 aromatic carbocycles. The normalized spacial score (nSPS) is 14.2. The standard InChI is InChI=1S/C52H99NO5/c1-3-5-7-9-11-13-15-17-19-21-23-25-26-28-30-32-34-36-38-40-42-44-46-50(56)52(58)53-48(47-54)51(57)49(55)45-43-41-39-37-35-33-31-29-27-24-22-20-18-16-14-12-10-8-6-4-2/h23,25,28,30,37,39,48-51,54-57H,3-22,24,26-27,29,31-36,38,40-47H2,1-2H3,(H,53,58)/b25-23-,30-28-,39-37+. The Morgan fingerprint density at radius 2 is 0.759 bits per heavy atom. The lowest BCUT2D eigenvalue weighted by Gasteiger charge is -2.27. The quantitative estimate of drug-likeness (QED) is 0.0310. The fourth-order valence-electron chi connectivity index (χ4n) is 7.79. The summed E-state index contributed by atoms with van der Waals surface area (Å²) in [6.07, 6.45) is 56.2. The van der Waals surface area contributed by atoms with Gasteiger partial charge < -0.3 is 25.7 Å². The van der Waals surface area contributed by atoms with Gasteiger partial charge in [0.1, 0.15) is 12.2 Å². The summed E-state index contributed by atoms with van der Waals surface area (Å²) in [6, 6.07) is -1.01. The van der Waals surface area contributed by atoms with Gasteiger partial charge in [0.25, 0.3) is 0 Å². The third kappa shape index (κ3) is 40.0. The van der Waals surface area contributed by atoms with Gasteiger partial charge in [-0.25, -0.2) is 0 Å². The molecule has 342 valence electrons. The van der Waals surface area contributed by atoms with E-state index in [0.717, 1.165) is 57.8 Å². The van der Waals surface area contributed by atoms with Crippen molar-refractivity contribution in [3.05, 3.63) is 36.5 Å². The highest BCUT2D eigenvalue weighted by Crippen LogP contribution is 2.16. The maximum Gasteiger partial charge on any atom is 0.249 e. The second-order valence-corrected chi connectivity index (χ2v) is 17.5. The number of unbranched alkanes of at least 4 members (excludes halogenated alkanes) is 31. The molecule has 0 rings (SSSR count). The minimum atomic E-state index is -1.29. The molecule has 0 aromatic heterocycles. The van der Waals surface area contributed by atoms with E-state index < -0.39 is 36.9 Å². The van der Waals surface area contributed by atoms with E-state index in [1.807, 2.05) is 0 Å². The molecule has 0 fully saturated rings. The molecule has 6 nitrogen and oxygen atoms in total. The van der Waals surface area contributed by atoms with Crippen LogP contribution in [0.3, 0.4) is 0 Å². The Morgan fingerprint density at radius 3 is 1.14 bits per heavy atom. The first kappa shape index (κ1) is 56.5. The molecule has 58 heavy (non-hydrogen) atoms. The summed E-state index contributed by atoms with van der Waals surface area (Å²) < 4.78 is 0. The van der Waals surface area contributed by atoms with Crippen molar-refractivity contribution in [3.8, 4) is 0 Å². The number of hydrogen-bond donors (Lipinski definition) is 5. The second kappa shape index (κ2) is 46.6. The Labute approximate surface area is 360 Å². The van der Waals surface area contributed by atoms with Gasteiger partial charge in [-0.3, -0.25) is 4.79 Å². The number of nitrogens with one attached hydrogen (secondary N) is 1. The van der Waals surface area contributed by atoms with Gasteiger partial charge in [0.15, 0.2) is 0 Å². The van der Waals surface area contributed by atoms with Crippen LogP contribution in [0.15, 0.2) is 36.5 Å². The zero-order valence-corrected chi connectivity index (χ0v) is 38.5. The number of allylic oxidation sites excluding steroid dienone is 6. The lowest BCUT2D eigenvalue weighted by molar-refractivity contribution is -0.132. The van der Waals surface area contributed by atoms with Gasteiger partial charge in [-0.15, -0.1) is 0 Å². The zero-order valence-electron chi connectivity index (χ0n) is 38.5. The number of aliphatic hydroxyl groups excluding tert-OH is 4. The van der Waals surface area contributed by atoms with Crippen molar-refractivity contribution in [2.75, 3.05) is 6.61 Å². The van der Waals surface area contributed by atoms with Crippen molar-refractivity contribution in [2.45, 2.75) is 282 Å². The van der Waals surface area contributed by atoms with Crippen LogP contribution in [0.1, 0.15) is 258 Å². The van der Waals surface area contributed by atoms with Crippen LogP contribution in [0, 0.1) is 0 Å². The number of aliphatic hydroxyl groups is 4. The monoisotopic (exact) mass is 818 g/mol. The highest BCUT2D eigenvalue weighted by Gasteiger charge is 2.28. The molecule has 4 unspecified atom stereocenters. The van der Waals surface area contributed by atoms with E-state index in [1.54, 1.807) is 0 Å². The molecule has 0 aliphatic rings. The molecule has 0 aliphatic carbocycles. The van der Waals surface area contributed by atoms with Gasteiger partial charge in [-0.05, 0) is 70.6 Å². The highest BCUT2D eigenvalue weighted by molar-refractivity contribution is 5.80. The fraction of sp³-hybridized carbons (Fsp3) is 0.865. The van der Waals surface area contributed by atoms with Crippen molar-refractivity contribution in [1.82, 2.24) is 5.32 Å². The number of rotatable bonds is 46. The number of carbonyl (C=O) groups excluding carboxylic acids is 1. The Hall–Kier alpha value is -1.47. The molecule has 4 atom stereocenters. The van der Waals surface area contributed by atoms with Gasteiger partial charge in [0.05, 0.1) is 18.8 Å². The summed E-state index contributed by atoms with van der Waals surface area (Å²) >= 11 is 0. The van der Waals surface area contributed by atoms with Crippen LogP contribution in [0.2, 0.25) is 0 Å². The van der Waals surface area contributed by atoms with Crippen molar-refractivity contribution in [2.24, 2.45) is 0 Å². The van der Waals surface area contributed by atoms with Crippen LogP contribution in [0.25, 0.3) is 0 Å². The third-order valence-corrected chi connectivity index (χ3v) is 11.8. The average Bonchev–Trinajstić information content (AvgIpc) is 3.23. The highest BCUT2D eigenvalue weighted by atomic mass is 16.3. The van der Waals surface area contributed by atoms with E-state index in [-0.39, 0.29) is 0 Å². The molecule has 0 bridgehead atoms. The van der Waals surface area contributed by atoms with E-state index >= 15 is 0 Å². The van der Waals surface area contributed by atoms with Crippen LogP contribution >= 0.6 is 0 Å². The molecule has 1 amide bonds. The molecule has 5 N–H and O–H groups in total. The minimum absolute atomic E-state index is 0.351. The average molecular weight is 818 g/mol. The van der Waals surface area contributed by atoms with Crippen LogP contribution in [0.5, 0.6) is 0 Å². The molecule has 6 heteroatoms. The number of amides is 1. The van der Waals surface area contributed by atoms with Gasteiger partial charge >= 0.3 is 0 Å². The number of carbonyl (C=O) groups is 1. The predicted octanol–water partition coefficient (Wildman–Crippen LogP) is 14.1. The van der Waals surface area contributed by atoms with Crippen LogP contribution in [0.4, 0.5) is 0 Å². The summed E-state index contributed by atoms with van der Waals surface area (Å²) in [6.45, 7) is 4.06. The van der Waals surface area contributed by atoms with Crippen LogP contribution in [-0.4, -0.2) is 57.3 Å². The lowest BCUT2D eigenvalue weighted by Crippen LogP contribution is -2.53. The molecule has 0 spiro atoms. The molecular formula is C52H99NO5. The van der Waals surface area contributed by atoms with E-state index in [9.17, 15) is 25.2 Å². The predicted molar refractivity (Wildman–Crippen MR) is 251 cm³/mol. The first-order valence-corrected chi connectivity index (χ1v) is 25.4. The Bertz CT molecular complexity index is 919. The van der Waals surface area contributed by atoms with Crippen LogP contribution < -0.4 is 5.32 Å². The summed E-state index contributed by atoms with van der Waals surface area (Å²) in [5, 5.41) is 43.8. The van der Waals surface area contributed by atoms with E-state index in [1.165, 1.54) is 173 Å². The van der Waals surface area contributed by atoms with E-state index in [2.05, 4.69) is 55.6 Å². The van der Waals surface area contributed by atoms with Gasteiger partial charge in [0, 0.05) is 0 Å². The van der Waals surface area contributed by atoms with E-state index in [4.69, 9.17) is 0 Å². The fourth-order valence-corrected chi connectivity index (χ4v) is 7.79. The van der Waals surface area contributed by atoms with Crippen molar-refractivity contribution in [1.29, 1.82) is 0 Å². The van der Waals surface area contributed by atoms with Crippen molar-refractivity contribution >= 4 is 5.91 Å². The van der Waals surface area contributed by atoms with Crippen molar-refractivity contribution < 1.29 is 25.2 Å². The summed E-state index contributed by atoms with van der Waals surface area (Å²) in [5.74, 6) is -0.600. The summed E-state index contributed by atoms with van der Waals surface area (Å²) in [7, 11) is 0. The number of hydrogen-bond acceptors (Lipinski definition) is 5. The van der Waals surface area contributed by atoms with Gasteiger partial charge in [-0.1, -0.05) is 224 Å². The topological polar surface area (TPSA) is 110 Å². The smallest absolute Gasteiger partial charge is 0.249 e. The SMILES string of the molecule is CCCCCCCCCCC/C=C\C/C=C\CCCCCCCCC(O)C(=O)NC(CO)C(O)C(O)CCC/C=C/CCCCCCCCCCCCCCCCC. The molecule has 0 saturated carbocycles. The molecule has 0 radical (unpaired) electrons. The molecule has 0 aliphatic heterocycles. The maximum absolute atomic E-state index is 12.6. The second-order valence-electron chi connectivity index (χ2n) is 17.5. The van der Waals surface area contributed by atoms with E-state index in [0.29, 0.717) is 12.8 Å². The van der Waals surface area contributed by atoms with Gasteiger partial charge in [0.2, 0.25) is 5.91 Å². The first-order valence-electron chi connectivity index (χ1n) is 25.4. The van der Waals surface area contributed by atoms with Crippen LogP contribution in [-0.2, 0) is 4.79 Å². The molecule has 0 aromatic rings. The molecule has 0 saturated heterocycles. The van der Waals surface area contributed by atoms with Crippen molar-refractivity contribution in [3.63, 3.8) is 0 Å². The summed E-state index contributed by atoms with van der Waals surface area (Å²) in [5.41, 5.74) is 0. The molecular weight excluding hydrogens is 719 g/mol. The maximum atomic E-state index is 12.6. The van der Waals surface area contributed by atoms with Gasteiger partial charge in [-0.2, -0.15) is 0 Å². The third-order valence-electron chi connectivity index (χ3n) is 11.8. The zero-order chi connectivity index (χ0) is 42.4. The Morgan fingerprint density at radius 1 is 0.431 bits per heavy atom. The Kier molecular flexibility index (Phi) is 45.4. The Balaban J connectivity index is 3.74. The lowest BCUT2D eigenvalue weighted by atomic mass is 10.00. The largest absolute Gasteiger partial charge is 0.394 e.